The first-order valence-corrected chi connectivity index (χ1v) is 6.48. The van der Waals surface area contributed by atoms with Crippen molar-refractivity contribution in [3.63, 3.8) is 0 Å². The van der Waals surface area contributed by atoms with E-state index in [1.165, 1.54) is 0 Å². The van der Waals surface area contributed by atoms with E-state index in [-0.39, 0.29) is 17.2 Å². The summed E-state index contributed by atoms with van der Waals surface area (Å²) in [5.41, 5.74) is -0.292. The number of unbranched alkanes of at least 4 members (excludes halogenated alkanes) is 1. The van der Waals surface area contributed by atoms with E-state index in [0.717, 1.165) is 25.7 Å². The molecule has 17 heavy (non-hydrogen) atoms. The Morgan fingerprint density at radius 1 is 1.35 bits per heavy atom. The first kappa shape index (κ1) is 14.0. The minimum Gasteiger partial charge on any atom is -0.480 e. The summed E-state index contributed by atoms with van der Waals surface area (Å²) in [5.74, 6) is -0.717. The van der Waals surface area contributed by atoms with Gasteiger partial charge < -0.3 is 10.4 Å². The van der Waals surface area contributed by atoms with Crippen LogP contribution in [0.15, 0.2) is 0 Å². The van der Waals surface area contributed by atoms with Crippen LogP contribution < -0.4 is 5.32 Å². The molecule has 98 valence electrons. The van der Waals surface area contributed by atoms with Gasteiger partial charge in [0.25, 0.3) is 0 Å². The summed E-state index contributed by atoms with van der Waals surface area (Å²) in [4.78, 5) is 23.1. The Morgan fingerprint density at radius 3 is 2.29 bits per heavy atom. The third-order valence-corrected chi connectivity index (χ3v) is 3.80. The molecule has 0 aromatic heterocycles. The monoisotopic (exact) mass is 241 g/mol. The average molecular weight is 241 g/mol. The lowest BCUT2D eigenvalue weighted by molar-refractivity contribution is -0.143. The van der Waals surface area contributed by atoms with Gasteiger partial charge in [0.2, 0.25) is 5.91 Å². The number of rotatable bonds is 7. The highest BCUT2D eigenvalue weighted by Crippen LogP contribution is 2.52. The highest BCUT2D eigenvalue weighted by molar-refractivity contribution is 5.89. The molecule has 2 N–H and O–H groups in total. The highest BCUT2D eigenvalue weighted by Gasteiger charge is 2.52. The Bertz CT molecular complexity index is 295. The third kappa shape index (κ3) is 3.20. The van der Waals surface area contributed by atoms with Gasteiger partial charge in [0.15, 0.2) is 0 Å². The van der Waals surface area contributed by atoms with Crippen LogP contribution in [0.25, 0.3) is 0 Å². The Balaban J connectivity index is 2.55. The van der Waals surface area contributed by atoms with Gasteiger partial charge in [-0.2, -0.15) is 0 Å². The van der Waals surface area contributed by atoms with Gasteiger partial charge in [-0.1, -0.05) is 33.6 Å². The van der Waals surface area contributed by atoms with E-state index in [0.29, 0.717) is 6.42 Å². The molecule has 1 amide bonds. The molecule has 1 aliphatic carbocycles. The molecule has 0 saturated heterocycles. The first-order chi connectivity index (χ1) is 7.94. The fourth-order valence-electron chi connectivity index (χ4n) is 2.17. The zero-order valence-electron chi connectivity index (χ0n) is 11.0. The summed E-state index contributed by atoms with van der Waals surface area (Å²) in [5, 5.41) is 11.8. The van der Waals surface area contributed by atoms with Crippen molar-refractivity contribution in [2.75, 3.05) is 0 Å². The summed E-state index contributed by atoms with van der Waals surface area (Å²) in [6.07, 6.45) is 4.06. The molecule has 1 fully saturated rings. The molecule has 0 radical (unpaired) electrons. The lowest BCUT2D eigenvalue weighted by Crippen LogP contribution is -2.45. The third-order valence-electron chi connectivity index (χ3n) is 3.80. The number of nitrogens with one attached hydrogen (secondary N) is 1. The van der Waals surface area contributed by atoms with Crippen molar-refractivity contribution in [3.05, 3.63) is 0 Å². The summed E-state index contributed by atoms with van der Waals surface area (Å²) in [6.45, 7) is 6.06. The molecule has 1 aliphatic rings. The van der Waals surface area contributed by atoms with Crippen molar-refractivity contribution in [2.45, 2.75) is 58.9 Å². The SMILES string of the molecule is CCCC[C@H](NC(=O)C1(C(C)C)CC1)C(=O)O. The van der Waals surface area contributed by atoms with Crippen LogP contribution in [0.3, 0.4) is 0 Å². The molecule has 1 atom stereocenters. The van der Waals surface area contributed by atoms with E-state index in [2.05, 4.69) is 5.32 Å². The Labute approximate surface area is 103 Å². The predicted octanol–water partition coefficient (Wildman–Crippen LogP) is 2.18. The van der Waals surface area contributed by atoms with Crippen molar-refractivity contribution in [3.8, 4) is 0 Å². The fourth-order valence-corrected chi connectivity index (χ4v) is 2.17. The molecular weight excluding hydrogens is 218 g/mol. The normalized spacial score (nSPS) is 18.8. The highest BCUT2D eigenvalue weighted by atomic mass is 16.4. The summed E-state index contributed by atoms with van der Waals surface area (Å²) in [6, 6.07) is -0.723. The van der Waals surface area contributed by atoms with Crippen LogP contribution in [0.4, 0.5) is 0 Å². The van der Waals surface area contributed by atoms with Gasteiger partial charge in [-0.3, -0.25) is 4.79 Å². The molecule has 0 aromatic rings. The molecule has 0 spiro atoms. The lowest BCUT2D eigenvalue weighted by Gasteiger charge is -2.22. The van der Waals surface area contributed by atoms with Gasteiger partial charge in [0.05, 0.1) is 5.41 Å². The van der Waals surface area contributed by atoms with Crippen molar-refractivity contribution >= 4 is 11.9 Å². The number of hydrogen-bond donors (Lipinski definition) is 2. The van der Waals surface area contributed by atoms with Gasteiger partial charge in [0, 0.05) is 0 Å². The predicted molar refractivity (Wildman–Crippen MR) is 65.6 cm³/mol. The number of amides is 1. The quantitative estimate of drug-likeness (QED) is 0.718. The van der Waals surface area contributed by atoms with E-state index < -0.39 is 12.0 Å². The first-order valence-electron chi connectivity index (χ1n) is 6.48. The lowest BCUT2D eigenvalue weighted by atomic mass is 9.91. The summed E-state index contributed by atoms with van der Waals surface area (Å²) in [7, 11) is 0. The van der Waals surface area contributed by atoms with E-state index in [9.17, 15) is 9.59 Å². The molecule has 0 aromatic carbocycles. The largest absolute Gasteiger partial charge is 0.480 e. The number of carbonyl (C=O) groups is 2. The van der Waals surface area contributed by atoms with Crippen LogP contribution in [0, 0.1) is 11.3 Å². The Kier molecular flexibility index (Phi) is 4.54. The topological polar surface area (TPSA) is 66.4 Å². The molecule has 0 bridgehead atoms. The molecule has 1 rings (SSSR count). The second kappa shape index (κ2) is 5.52. The van der Waals surface area contributed by atoms with E-state index in [1.54, 1.807) is 0 Å². The van der Waals surface area contributed by atoms with Gasteiger partial charge in [-0.05, 0) is 25.2 Å². The smallest absolute Gasteiger partial charge is 0.326 e. The van der Waals surface area contributed by atoms with E-state index in [4.69, 9.17) is 5.11 Å². The van der Waals surface area contributed by atoms with Gasteiger partial charge in [-0.25, -0.2) is 4.79 Å². The van der Waals surface area contributed by atoms with Gasteiger partial charge in [0.1, 0.15) is 6.04 Å². The van der Waals surface area contributed by atoms with Crippen LogP contribution in [-0.2, 0) is 9.59 Å². The molecule has 4 nitrogen and oxygen atoms in total. The molecule has 0 aliphatic heterocycles. The minimum absolute atomic E-state index is 0.0731. The molecule has 0 heterocycles. The number of hydrogen-bond acceptors (Lipinski definition) is 2. The van der Waals surface area contributed by atoms with E-state index in [1.807, 2.05) is 20.8 Å². The molecule has 1 saturated carbocycles. The molecule has 4 heteroatoms. The standard InChI is InChI=1S/C13H23NO3/c1-4-5-6-10(11(15)16)14-12(17)13(7-8-13)9(2)3/h9-10H,4-8H2,1-3H3,(H,14,17)(H,15,16)/t10-/m0/s1. The van der Waals surface area contributed by atoms with Crippen LogP contribution >= 0.6 is 0 Å². The summed E-state index contributed by atoms with van der Waals surface area (Å²) >= 11 is 0. The molecular formula is C13H23NO3. The maximum Gasteiger partial charge on any atom is 0.326 e. The van der Waals surface area contributed by atoms with Crippen LogP contribution in [0.5, 0.6) is 0 Å². The van der Waals surface area contributed by atoms with E-state index >= 15 is 0 Å². The Morgan fingerprint density at radius 2 is 1.94 bits per heavy atom. The second-order valence-corrected chi connectivity index (χ2v) is 5.32. The van der Waals surface area contributed by atoms with Gasteiger partial charge >= 0.3 is 5.97 Å². The summed E-state index contributed by atoms with van der Waals surface area (Å²) < 4.78 is 0. The number of carbonyl (C=O) groups excluding carboxylic acids is 1. The number of aliphatic carboxylic acids is 1. The van der Waals surface area contributed by atoms with Crippen molar-refractivity contribution in [2.24, 2.45) is 11.3 Å². The molecule has 0 unspecified atom stereocenters. The zero-order chi connectivity index (χ0) is 13.1. The zero-order valence-corrected chi connectivity index (χ0v) is 11.0. The maximum atomic E-state index is 12.1. The maximum absolute atomic E-state index is 12.1. The second-order valence-electron chi connectivity index (χ2n) is 5.32. The minimum atomic E-state index is -0.925. The van der Waals surface area contributed by atoms with Crippen LogP contribution in [0.2, 0.25) is 0 Å². The average Bonchev–Trinajstić information content (AvgIpc) is 3.04. The number of carboxylic acids is 1. The Hall–Kier alpha value is -1.06. The van der Waals surface area contributed by atoms with Gasteiger partial charge in [-0.15, -0.1) is 0 Å². The van der Waals surface area contributed by atoms with Crippen LogP contribution in [-0.4, -0.2) is 23.0 Å². The fraction of sp³-hybridized carbons (Fsp3) is 0.846. The van der Waals surface area contributed by atoms with Crippen molar-refractivity contribution in [1.29, 1.82) is 0 Å². The number of carboxylic acid groups (broad SMARTS) is 1. The van der Waals surface area contributed by atoms with Crippen molar-refractivity contribution in [1.82, 2.24) is 5.32 Å². The van der Waals surface area contributed by atoms with Crippen molar-refractivity contribution < 1.29 is 14.7 Å². The van der Waals surface area contributed by atoms with Crippen LogP contribution in [0.1, 0.15) is 52.9 Å².